The van der Waals surface area contributed by atoms with Gasteiger partial charge in [0.1, 0.15) is 0 Å². The lowest BCUT2D eigenvalue weighted by molar-refractivity contribution is 0.316. The molecule has 0 aliphatic heterocycles. The first kappa shape index (κ1) is 19.7. The predicted molar refractivity (Wildman–Crippen MR) is 103 cm³/mol. The smallest absolute Gasteiger partial charge is 0.213 e. The van der Waals surface area contributed by atoms with Gasteiger partial charge >= 0.3 is 0 Å². The van der Waals surface area contributed by atoms with Gasteiger partial charge in [-0.2, -0.15) is 0 Å². The van der Waals surface area contributed by atoms with Crippen molar-refractivity contribution in [1.82, 2.24) is 15.4 Å². The number of guanidine groups is 1. The van der Waals surface area contributed by atoms with Gasteiger partial charge in [-0.1, -0.05) is 36.2 Å². The maximum absolute atomic E-state index is 12.0. The Bertz CT molecular complexity index is 652. The zero-order chi connectivity index (χ0) is 18.1. The van der Waals surface area contributed by atoms with Crippen molar-refractivity contribution in [2.24, 2.45) is 10.9 Å². The van der Waals surface area contributed by atoms with Crippen molar-refractivity contribution in [3.63, 3.8) is 0 Å². The summed E-state index contributed by atoms with van der Waals surface area (Å²) in [6.07, 6.45) is 3.49. The maximum Gasteiger partial charge on any atom is 0.213 e. The Hall–Kier alpha value is -1.60. The fraction of sp³-hybridized carbons (Fsp3) is 0.611. The Balaban J connectivity index is 1.77. The quantitative estimate of drug-likeness (QED) is 0.459. The van der Waals surface area contributed by atoms with Gasteiger partial charge in [-0.05, 0) is 38.2 Å². The van der Waals surface area contributed by atoms with Gasteiger partial charge in [0, 0.05) is 19.6 Å². The summed E-state index contributed by atoms with van der Waals surface area (Å²) in [5.41, 5.74) is 2.34. The van der Waals surface area contributed by atoms with Crippen molar-refractivity contribution in [2.45, 2.75) is 39.7 Å². The first-order valence-corrected chi connectivity index (χ1v) is 10.7. The van der Waals surface area contributed by atoms with Crippen LogP contribution in [0.1, 0.15) is 37.3 Å². The van der Waals surface area contributed by atoms with Crippen LogP contribution in [0.2, 0.25) is 0 Å². The zero-order valence-corrected chi connectivity index (χ0v) is 16.0. The van der Waals surface area contributed by atoms with Gasteiger partial charge in [0.25, 0.3) is 0 Å². The average Bonchev–Trinajstić information content (AvgIpc) is 2.52. The summed E-state index contributed by atoms with van der Waals surface area (Å²) in [7, 11) is -3.23. The lowest BCUT2D eigenvalue weighted by Gasteiger charge is -2.25. The molecule has 0 amide bonds. The number of hydrogen-bond donors (Lipinski definition) is 3. The maximum atomic E-state index is 12.0. The number of benzene rings is 1. The molecule has 1 aromatic rings. The van der Waals surface area contributed by atoms with Crippen LogP contribution in [0.4, 0.5) is 0 Å². The van der Waals surface area contributed by atoms with Crippen LogP contribution in [-0.4, -0.2) is 39.8 Å². The fourth-order valence-electron chi connectivity index (χ4n) is 2.52. The van der Waals surface area contributed by atoms with E-state index < -0.39 is 10.0 Å². The number of rotatable bonds is 9. The van der Waals surface area contributed by atoms with E-state index in [0.717, 1.165) is 24.9 Å². The number of hydrogen-bond acceptors (Lipinski definition) is 3. The molecule has 0 radical (unpaired) electrons. The minimum absolute atomic E-state index is 0.0503. The van der Waals surface area contributed by atoms with E-state index in [2.05, 4.69) is 51.5 Å². The summed E-state index contributed by atoms with van der Waals surface area (Å²) >= 11 is 0. The molecule has 1 saturated carbocycles. The van der Waals surface area contributed by atoms with E-state index in [1.54, 1.807) is 0 Å². The number of aryl methyl sites for hydroxylation is 1. The number of sulfonamides is 1. The van der Waals surface area contributed by atoms with Crippen LogP contribution in [0.25, 0.3) is 0 Å². The van der Waals surface area contributed by atoms with Gasteiger partial charge in [0.15, 0.2) is 5.96 Å². The highest BCUT2D eigenvalue weighted by molar-refractivity contribution is 7.89. The van der Waals surface area contributed by atoms with Crippen molar-refractivity contribution in [2.75, 3.05) is 25.4 Å². The van der Waals surface area contributed by atoms with Crippen LogP contribution >= 0.6 is 0 Å². The van der Waals surface area contributed by atoms with Crippen LogP contribution in [0.3, 0.4) is 0 Å². The van der Waals surface area contributed by atoms with Crippen LogP contribution in [0, 0.1) is 12.8 Å². The lowest BCUT2D eigenvalue weighted by Crippen LogP contribution is -2.42. The average molecular weight is 367 g/mol. The van der Waals surface area contributed by atoms with Crippen molar-refractivity contribution in [1.29, 1.82) is 0 Å². The molecule has 3 N–H and O–H groups in total. The SMILES string of the molecule is CCNC(=NCc1ccc(C)cc1)NCCS(=O)(=O)NCC1CCC1. The van der Waals surface area contributed by atoms with Crippen molar-refractivity contribution in [3.8, 4) is 0 Å². The molecule has 0 unspecified atom stereocenters. The molecule has 0 atom stereocenters. The molecule has 0 spiro atoms. The van der Waals surface area contributed by atoms with E-state index in [0.29, 0.717) is 31.5 Å². The van der Waals surface area contributed by atoms with E-state index >= 15 is 0 Å². The third-order valence-corrected chi connectivity index (χ3v) is 5.71. The molecule has 6 nitrogen and oxygen atoms in total. The topological polar surface area (TPSA) is 82.6 Å². The van der Waals surface area contributed by atoms with Crippen molar-refractivity contribution < 1.29 is 8.42 Å². The molecule has 1 aliphatic rings. The van der Waals surface area contributed by atoms with Gasteiger partial charge < -0.3 is 10.6 Å². The second-order valence-corrected chi connectivity index (χ2v) is 8.50. The third-order valence-electron chi connectivity index (χ3n) is 4.36. The van der Waals surface area contributed by atoms with Crippen LogP contribution in [0.5, 0.6) is 0 Å². The molecule has 25 heavy (non-hydrogen) atoms. The zero-order valence-electron chi connectivity index (χ0n) is 15.2. The standard InChI is InChI=1S/C18H30N4O2S/c1-3-19-18(21-13-17-9-7-15(2)8-10-17)20-11-12-25(23,24)22-14-16-5-4-6-16/h7-10,16,22H,3-6,11-14H2,1-2H3,(H2,19,20,21). The Morgan fingerprint density at radius 1 is 1.20 bits per heavy atom. The molecule has 0 bridgehead atoms. The highest BCUT2D eigenvalue weighted by Gasteiger charge is 2.19. The van der Waals surface area contributed by atoms with Crippen LogP contribution < -0.4 is 15.4 Å². The Kier molecular flexibility index (Phi) is 7.71. The highest BCUT2D eigenvalue weighted by Crippen LogP contribution is 2.25. The lowest BCUT2D eigenvalue weighted by atomic mass is 9.86. The summed E-state index contributed by atoms with van der Waals surface area (Å²) in [5, 5.41) is 6.24. The van der Waals surface area contributed by atoms with Crippen LogP contribution in [-0.2, 0) is 16.6 Å². The first-order chi connectivity index (χ1) is 12.0. The predicted octanol–water partition coefficient (Wildman–Crippen LogP) is 1.77. The second-order valence-electron chi connectivity index (χ2n) is 6.57. The minimum atomic E-state index is -3.23. The van der Waals surface area contributed by atoms with Gasteiger partial charge in [-0.25, -0.2) is 18.1 Å². The summed E-state index contributed by atoms with van der Waals surface area (Å²) in [5.74, 6) is 1.21. The van der Waals surface area contributed by atoms with Gasteiger partial charge in [0.2, 0.25) is 10.0 Å². The summed E-state index contributed by atoms with van der Waals surface area (Å²) < 4.78 is 26.7. The molecular weight excluding hydrogens is 336 g/mol. The molecule has 140 valence electrons. The first-order valence-electron chi connectivity index (χ1n) is 9.03. The van der Waals surface area contributed by atoms with Crippen molar-refractivity contribution >= 4 is 16.0 Å². The number of nitrogens with one attached hydrogen (secondary N) is 3. The molecule has 1 aromatic carbocycles. The number of nitrogens with zero attached hydrogens (tertiary/aromatic N) is 1. The largest absolute Gasteiger partial charge is 0.357 e. The normalized spacial score (nSPS) is 15.7. The minimum Gasteiger partial charge on any atom is -0.357 e. The molecule has 0 heterocycles. The molecule has 1 fully saturated rings. The molecule has 7 heteroatoms. The van der Waals surface area contributed by atoms with E-state index in [4.69, 9.17) is 0 Å². The summed E-state index contributed by atoms with van der Waals surface area (Å²) in [4.78, 5) is 4.51. The van der Waals surface area contributed by atoms with Crippen molar-refractivity contribution in [3.05, 3.63) is 35.4 Å². The van der Waals surface area contributed by atoms with E-state index in [1.807, 2.05) is 6.92 Å². The second kappa shape index (κ2) is 9.77. The summed E-state index contributed by atoms with van der Waals surface area (Å²) in [6, 6.07) is 8.23. The monoisotopic (exact) mass is 366 g/mol. The van der Waals surface area contributed by atoms with E-state index in [1.165, 1.54) is 12.0 Å². The Morgan fingerprint density at radius 2 is 1.92 bits per heavy atom. The highest BCUT2D eigenvalue weighted by atomic mass is 32.2. The molecular formula is C18H30N4O2S. The Morgan fingerprint density at radius 3 is 2.52 bits per heavy atom. The molecule has 2 rings (SSSR count). The molecule has 0 saturated heterocycles. The summed E-state index contributed by atoms with van der Waals surface area (Å²) in [6.45, 7) is 6.23. The van der Waals surface area contributed by atoms with Gasteiger partial charge in [-0.15, -0.1) is 0 Å². The third kappa shape index (κ3) is 7.44. The van der Waals surface area contributed by atoms with Crippen LogP contribution in [0.15, 0.2) is 29.3 Å². The van der Waals surface area contributed by atoms with E-state index in [-0.39, 0.29) is 5.75 Å². The number of aliphatic imine (C=N–C) groups is 1. The Labute approximate surface area is 151 Å². The van der Waals surface area contributed by atoms with Gasteiger partial charge in [0.05, 0.1) is 12.3 Å². The molecule has 1 aliphatic carbocycles. The fourth-order valence-corrected chi connectivity index (χ4v) is 3.53. The molecule has 0 aromatic heterocycles. The van der Waals surface area contributed by atoms with Gasteiger partial charge in [-0.3, -0.25) is 0 Å². The van der Waals surface area contributed by atoms with E-state index in [9.17, 15) is 8.42 Å².